The number of halogens is 2. The van der Waals surface area contributed by atoms with Gasteiger partial charge in [-0.15, -0.1) is 0 Å². The van der Waals surface area contributed by atoms with Crippen molar-refractivity contribution in [2.45, 2.75) is 37.8 Å². The number of benzene rings is 2. The molecule has 6 nitrogen and oxygen atoms in total. The second-order valence-electron chi connectivity index (χ2n) is 8.81. The lowest BCUT2D eigenvalue weighted by Crippen LogP contribution is -2.49. The van der Waals surface area contributed by atoms with E-state index in [0.717, 1.165) is 53.2 Å². The third kappa shape index (κ3) is 3.20. The first-order chi connectivity index (χ1) is 16.0. The fraction of sp³-hybridized carbons (Fsp3) is 0.280. The number of hydrogen-bond donors (Lipinski definition) is 0. The molecule has 0 saturated carbocycles. The number of piperidine rings is 1. The minimum Gasteiger partial charge on any atom is -0.327 e. The number of aryl methyl sites for hydroxylation is 1. The van der Waals surface area contributed by atoms with Gasteiger partial charge in [0.2, 0.25) is 0 Å². The molecule has 1 amide bonds. The summed E-state index contributed by atoms with van der Waals surface area (Å²) in [5.74, 6) is -1.27. The average molecular weight is 445 g/mol. The van der Waals surface area contributed by atoms with Crippen LogP contribution in [0.3, 0.4) is 0 Å². The summed E-state index contributed by atoms with van der Waals surface area (Å²) in [4.78, 5) is 23.9. The summed E-state index contributed by atoms with van der Waals surface area (Å²) in [7, 11) is 1.79. The Balaban J connectivity index is 1.42. The van der Waals surface area contributed by atoms with Crippen LogP contribution in [0.4, 0.5) is 8.78 Å². The Bertz CT molecular complexity index is 1400. The highest BCUT2D eigenvalue weighted by molar-refractivity contribution is 5.98. The zero-order valence-electron chi connectivity index (χ0n) is 18.0. The molecule has 166 valence electrons. The van der Waals surface area contributed by atoms with Gasteiger partial charge in [-0.05, 0) is 56.0 Å². The van der Waals surface area contributed by atoms with Gasteiger partial charge in [0.25, 0.3) is 5.91 Å². The van der Waals surface area contributed by atoms with Crippen LogP contribution in [-0.2, 0) is 13.5 Å². The van der Waals surface area contributed by atoms with E-state index in [1.54, 1.807) is 17.9 Å². The Labute approximate surface area is 188 Å². The predicted molar refractivity (Wildman–Crippen MR) is 118 cm³/mol. The maximum Gasteiger partial charge on any atom is 0.254 e. The lowest BCUT2D eigenvalue weighted by atomic mass is 9.81. The second kappa shape index (κ2) is 7.43. The van der Waals surface area contributed by atoms with Crippen LogP contribution < -0.4 is 0 Å². The first-order valence-corrected chi connectivity index (χ1v) is 11.0. The summed E-state index contributed by atoms with van der Waals surface area (Å²) >= 11 is 0. The third-order valence-electron chi connectivity index (χ3n) is 6.80. The molecule has 1 saturated heterocycles. The molecule has 2 atom stereocenters. The smallest absolute Gasteiger partial charge is 0.254 e. The largest absolute Gasteiger partial charge is 0.327 e. The van der Waals surface area contributed by atoms with Gasteiger partial charge in [0.05, 0.1) is 22.9 Å². The summed E-state index contributed by atoms with van der Waals surface area (Å²) in [5, 5.41) is 5.56. The molecule has 2 bridgehead atoms. The van der Waals surface area contributed by atoms with E-state index in [0.29, 0.717) is 17.5 Å². The van der Waals surface area contributed by atoms with Crippen molar-refractivity contribution in [1.29, 1.82) is 0 Å². The van der Waals surface area contributed by atoms with E-state index in [4.69, 9.17) is 5.10 Å². The van der Waals surface area contributed by atoms with Crippen molar-refractivity contribution >= 4 is 16.8 Å². The Morgan fingerprint density at radius 1 is 1.09 bits per heavy atom. The topological polar surface area (TPSA) is 63.9 Å². The van der Waals surface area contributed by atoms with Crippen LogP contribution in [0.5, 0.6) is 0 Å². The monoisotopic (exact) mass is 445 g/mol. The molecular weight excluding hydrogens is 424 g/mol. The van der Waals surface area contributed by atoms with Crippen molar-refractivity contribution in [3.05, 3.63) is 77.4 Å². The van der Waals surface area contributed by atoms with E-state index < -0.39 is 11.6 Å². The summed E-state index contributed by atoms with van der Waals surface area (Å²) < 4.78 is 29.6. The van der Waals surface area contributed by atoms with Crippen LogP contribution >= 0.6 is 0 Å². The van der Waals surface area contributed by atoms with Crippen LogP contribution in [0.15, 0.2) is 48.9 Å². The maximum absolute atomic E-state index is 13.9. The van der Waals surface area contributed by atoms with Crippen molar-refractivity contribution in [3.8, 4) is 11.3 Å². The molecule has 2 aromatic carbocycles. The SMILES string of the molecule is Cn1nc2c(c1-c1cc(F)cc(F)c1)C[C@@H]1CCC[C@H]2N1C(=O)c1ccc2ncncc2c1. The molecule has 2 aromatic heterocycles. The predicted octanol–water partition coefficient (Wildman–Crippen LogP) is 4.60. The van der Waals surface area contributed by atoms with E-state index in [2.05, 4.69) is 9.97 Å². The number of aromatic nitrogens is 4. The van der Waals surface area contributed by atoms with Gasteiger partial charge in [-0.2, -0.15) is 5.10 Å². The Kier molecular flexibility index (Phi) is 4.50. The third-order valence-corrected chi connectivity index (χ3v) is 6.80. The molecule has 1 fully saturated rings. The molecule has 33 heavy (non-hydrogen) atoms. The van der Waals surface area contributed by atoms with Crippen LogP contribution in [0.2, 0.25) is 0 Å². The minimum atomic E-state index is -0.618. The molecule has 0 unspecified atom stereocenters. The fourth-order valence-corrected chi connectivity index (χ4v) is 5.47. The van der Waals surface area contributed by atoms with Gasteiger partial charge < -0.3 is 4.90 Å². The molecular formula is C25H21F2N5O. The maximum atomic E-state index is 13.9. The van der Waals surface area contributed by atoms with E-state index >= 15 is 0 Å². The standard InChI is InChI=1S/C25H21F2N5O/c1-31-24(15-8-17(26)10-18(27)9-15)20-11-19-3-2-4-22(23(20)30-31)32(19)25(33)14-5-6-21-16(7-14)12-28-13-29-21/h5-10,12-13,19,22H,2-4,11H2,1H3/t19-,22+/m0/s1. The van der Waals surface area contributed by atoms with E-state index in [9.17, 15) is 13.6 Å². The normalized spacial score (nSPS) is 19.5. The number of hydrogen-bond acceptors (Lipinski definition) is 4. The molecule has 8 heteroatoms. The van der Waals surface area contributed by atoms with Crippen molar-refractivity contribution in [1.82, 2.24) is 24.6 Å². The lowest BCUT2D eigenvalue weighted by Gasteiger charge is -2.45. The number of rotatable bonds is 2. The molecule has 0 spiro atoms. The van der Waals surface area contributed by atoms with E-state index in [-0.39, 0.29) is 18.0 Å². The Hall–Kier alpha value is -3.68. The number of fused-ring (bicyclic) bond motifs is 5. The number of amides is 1. The molecule has 6 rings (SSSR count). The van der Waals surface area contributed by atoms with Gasteiger partial charge in [-0.25, -0.2) is 18.7 Å². The summed E-state index contributed by atoms with van der Waals surface area (Å²) in [6.07, 6.45) is 6.49. The van der Waals surface area contributed by atoms with Gasteiger partial charge >= 0.3 is 0 Å². The first-order valence-electron chi connectivity index (χ1n) is 11.0. The molecule has 2 aliphatic heterocycles. The van der Waals surface area contributed by atoms with Gasteiger partial charge in [-0.1, -0.05) is 0 Å². The van der Waals surface area contributed by atoms with Gasteiger partial charge in [0.15, 0.2) is 0 Å². The van der Waals surface area contributed by atoms with Crippen molar-refractivity contribution in [2.75, 3.05) is 0 Å². The van der Waals surface area contributed by atoms with Crippen molar-refractivity contribution in [2.24, 2.45) is 7.05 Å². The van der Waals surface area contributed by atoms with Crippen LogP contribution in [0, 0.1) is 11.6 Å². The molecule has 0 radical (unpaired) electrons. The zero-order chi connectivity index (χ0) is 22.7. The van der Waals surface area contributed by atoms with Crippen molar-refractivity contribution in [3.63, 3.8) is 0 Å². The molecule has 4 heterocycles. The Morgan fingerprint density at radius 2 is 1.91 bits per heavy atom. The highest BCUT2D eigenvalue weighted by Crippen LogP contribution is 2.45. The van der Waals surface area contributed by atoms with Gasteiger partial charge in [0.1, 0.15) is 18.0 Å². The highest BCUT2D eigenvalue weighted by atomic mass is 19.1. The lowest BCUT2D eigenvalue weighted by molar-refractivity contribution is 0.0392. The van der Waals surface area contributed by atoms with Crippen LogP contribution in [0.1, 0.15) is 46.9 Å². The summed E-state index contributed by atoms with van der Waals surface area (Å²) in [6.45, 7) is 0. The number of carbonyl (C=O) groups excluding carboxylic acids is 1. The van der Waals surface area contributed by atoms with Gasteiger partial charge in [0, 0.05) is 47.4 Å². The molecule has 4 aromatic rings. The molecule has 0 aliphatic carbocycles. The number of carbonyl (C=O) groups is 1. The number of nitrogens with zero attached hydrogens (tertiary/aromatic N) is 5. The first kappa shape index (κ1) is 20.0. The molecule has 2 aliphatic rings. The zero-order valence-corrected chi connectivity index (χ0v) is 18.0. The van der Waals surface area contributed by atoms with E-state index in [1.807, 2.05) is 23.1 Å². The second-order valence-corrected chi connectivity index (χ2v) is 8.81. The summed E-state index contributed by atoms with van der Waals surface area (Å²) in [5.41, 5.74) is 4.38. The quantitative estimate of drug-likeness (QED) is 0.452. The summed E-state index contributed by atoms with van der Waals surface area (Å²) in [6, 6.07) is 8.87. The molecule has 0 N–H and O–H groups in total. The van der Waals surface area contributed by atoms with E-state index in [1.165, 1.54) is 18.5 Å². The minimum absolute atomic E-state index is 0.00725. The fourth-order valence-electron chi connectivity index (χ4n) is 5.47. The van der Waals surface area contributed by atoms with Crippen molar-refractivity contribution < 1.29 is 13.6 Å². The average Bonchev–Trinajstić information content (AvgIpc) is 3.13. The van der Waals surface area contributed by atoms with Crippen LogP contribution in [0.25, 0.3) is 22.2 Å². The van der Waals surface area contributed by atoms with Gasteiger partial charge in [-0.3, -0.25) is 9.48 Å². The van der Waals surface area contributed by atoms with Crippen LogP contribution in [-0.4, -0.2) is 36.6 Å². The highest BCUT2D eigenvalue weighted by Gasteiger charge is 2.43. The Morgan fingerprint density at radius 3 is 2.73 bits per heavy atom.